The van der Waals surface area contributed by atoms with Gasteiger partial charge in [0.05, 0.1) is 22.5 Å². The molecule has 0 N–H and O–H groups in total. The van der Waals surface area contributed by atoms with Crippen LogP contribution in [-0.4, -0.2) is 0 Å². The summed E-state index contributed by atoms with van der Waals surface area (Å²) in [5.74, 6) is 0. The lowest BCUT2D eigenvalue weighted by Crippen LogP contribution is -2.31. The molecule has 6 aromatic carbocycles. The molecule has 41 heavy (non-hydrogen) atoms. The third-order valence-electron chi connectivity index (χ3n) is 9.88. The van der Waals surface area contributed by atoms with Gasteiger partial charge in [-0.05, 0) is 68.3 Å². The molecule has 1 heterocycles. The van der Waals surface area contributed by atoms with Gasteiger partial charge in [0.25, 0.3) is 0 Å². The van der Waals surface area contributed by atoms with Gasteiger partial charge in [-0.15, -0.1) is 0 Å². The summed E-state index contributed by atoms with van der Waals surface area (Å²) in [6, 6.07) is 52.1. The Hall–Kier alpha value is -4.88. The number of fused-ring (bicyclic) bond motifs is 12. The van der Waals surface area contributed by atoms with Gasteiger partial charge < -0.3 is 4.90 Å². The molecule has 0 aromatic heterocycles. The van der Waals surface area contributed by atoms with E-state index in [0.717, 1.165) is 0 Å². The monoisotopic (exact) mass is 523 g/mol. The van der Waals surface area contributed by atoms with E-state index in [0.29, 0.717) is 0 Å². The Kier molecular flexibility index (Phi) is 4.39. The highest BCUT2D eigenvalue weighted by atomic mass is 15.2. The van der Waals surface area contributed by atoms with Gasteiger partial charge in [0.2, 0.25) is 0 Å². The van der Waals surface area contributed by atoms with Crippen molar-refractivity contribution in [2.24, 2.45) is 0 Å². The smallest absolute Gasteiger partial charge is 0.0726 e. The molecule has 0 radical (unpaired) electrons. The average molecular weight is 524 g/mol. The quantitative estimate of drug-likeness (QED) is 0.207. The zero-order valence-corrected chi connectivity index (χ0v) is 23.2. The van der Waals surface area contributed by atoms with Crippen molar-refractivity contribution < 1.29 is 0 Å². The van der Waals surface area contributed by atoms with Crippen LogP contribution in [0.15, 0.2) is 140 Å². The van der Waals surface area contributed by atoms with Crippen molar-refractivity contribution in [2.75, 3.05) is 4.90 Å². The summed E-state index contributed by atoms with van der Waals surface area (Å²) in [6.07, 6.45) is 0. The highest BCUT2D eigenvalue weighted by Gasteiger charge is 2.52. The number of anilines is 3. The minimum Gasteiger partial charge on any atom is -0.309 e. The highest BCUT2D eigenvalue weighted by molar-refractivity contribution is 6.02. The van der Waals surface area contributed by atoms with Crippen LogP contribution in [0.2, 0.25) is 0 Å². The van der Waals surface area contributed by atoms with E-state index in [4.69, 9.17) is 0 Å². The van der Waals surface area contributed by atoms with Crippen LogP contribution in [0.4, 0.5) is 17.1 Å². The first-order valence-electron chi connectivity index (χ1n) is 14.6. The van der Waals surface area contributed by atoms with E-state index in [2.05, 4.69) is 158 Å². The number of para-hydroxylation sites is 2. The van der Waals surface area contributed by atoms with E-state index >= 15 is 0 Å². The van der Waals surface area contributed by atoms with Gasteiger partial charge in [-0.3, -0.25) is 0 Å². The molecule has 6 aromatic rings. The van der Waals surface area contributed by atoms with E-state index in [1.54, 1.807) is 0 Å². The summed E-state index contributed by atoms with van der Waals surface area (Å²) in [6.45, 7) is 4.71. The zero-order valence-electron chi connectivity index (χ0n) is 23.2. The molecule has 194 valence electrons. The summed E-state index contributed by atoms with van der Waals surface area (Å²) in [7, 11) is 0. The molecular formula is C40H29N. The molecule has 1 aliphatic heterocycles. The normalized spacial score (nSPS) is 15.9. The van der Waals surface area contributed by atoms with Crippen LogP contribution in [0.1, 0.15) is 47.2 Å². The van der Waals surface area contributed by atoms with Crippen LogP contribution in [0.3, 0.4) is 0 Å². The zero-order chi connectivity index (χ0) is 27.3. The summed E-state index contributed by atoms with van der Waals surface area (Å²) < 4.78 is 0. The maximum atomic E-state index is 2.53. The fourth-order valence-corrected chi connectivity index (χ4v) is 8.24. The lowest BCUT2D eigenvalue weighted by atomic mass is 9.70. The number of rotatable bonds is 1. The Morgan fingerprint density at radius 1 is 0.366 bits per heavy atom. The minimum atomic E-state index is -0.344. The number of hydrogen-bond acceptors (Lipinski definition) is 1. The maximum absolute atomic E-state index is 2.53. The summed E-state index contributed by atoms with van der Waals surface area (Å²) in [5.41, 5.74) is 16.9. The lowest BCUT2D eigenvalue weighted by molar-refractivity contribution is 0.632. The second-order valence-electron chi connectivity index (χ2n) is 12.1. The van der Waals surface area contributed by atoms with E-state index < -0.39 is 0 Å². The predicted octanol–water partition coefficient (Wildman–Crippen LogP) is 10.1. The van der Waals surface area contributed by atoms with Gasteiger partial charge in [-0.25, -0.2) is 0 Å². The van der Waals surface area contributed by atoms with Crippen LogP contribution >= 0.6 is 0 Å². The Bertz CT molecular complexity index is 1950. The highest BCUT2D eigenvalue weighted by Crippen LogP contribution is 2.65. The van der Waals surface area contributed by atoms with Gasteiger partial charge in [0.15, 0.2) is 0 Å². The number of nitrogens with zero attached hydrogens (tertiary/aromatic N) is 1. The SMILES string of the molecule is CC1(C)c2ccccc2N(c2cccc3c2-c2ccccc2C32c3ccccc3-c3ccccc32)c2ccccc21. The molecule has 0 saturated carbocycles. The second kappa shape index (κ2) is 7.86. The third kappa shape index (κ3) is 2.67. The van der Waals surface area contributed by atoms with E-state index in [-0.39, 0.29) is 10.8 Å². The topological polar surface area (TPSA) is 3.24 Å². The fraction of sp³-hybridized carbons (Fsp3) is 0.100. The van der Waals surface area contributed by atoms with Crippen molar-refractivity contribution >= 4 is 17.1 Å². The summed E-state index contributed by atoms with van der Waals surface area (Å²) in [4.78, 5) is 2.53. The standard InChI is InChI=1S/C40H29N/c1-39(2)32-20-9-11-23-35(32)41(36-24-12-10-21-33(36)39)37-25-13-22-34-38(37)28-16-5-8-19-31(28)40(34)29-17-6-3-14-26(29)27-15-4-7-18-30(27)40/h3-25H,1-2H3. The van der Waals surface area contributed by atoms with Crippen molar-refractivity contribution in [1.29, 1.82) is 0 Å². The maximum Gasteiger partial charge on any atom is 0.0726 e. The van der Waals surface area contributed by atoms with Gasteiger partial charge >= 0.3 is 0 Å². The molecular weight excluding hydrogens is 494 g/mol. The Morgan fingerprint density at radius 2 is 0.756 bits per heavy atom. The molecule has 0 fully saturated rings. The first-order valence-corrected chi connectivity index (χ1v) is 14.6. The molecule has 0 bridgehead atoms. The molecule has 1 heteroatoms. The van der Waals surface area contributed by atoms with Crippen molar-refractivity contribution in [3.05, 3.63) is 173 Å². The van der Waals surface area contributed by atoms with Gasteiger partial charge in [-0.2, -0.15) is 0 Å². The summed E-state index contributed by atoms with van der Waals surface area (Å²) in [5, 5.41) is 0. The van der Waals surface area contributed by atoms with E-state index in [9.17, 15) is 0 Å². The van der Waals surface area contributed by atoms with Crippen LogP contribution in [0.5, 0.6) is 0 Å². The van der Waals surface area contributed by atoms with Gasteiger partial charge in [-0.1, -0.05) is 135 Å². The second-order valence-corrected chi connectivity index (χ2v) is 12.1. The molecule has 3 aliphatic rings. The molecule has 1 nitrogen and oxygen atoms in total. The molecule has 2 aliphatic carbocycles. The van der Waals surface area contributed by atoms with Gasteiger partial charge in [0, 0.05) is 11.0 Å². The van der Waals surface area contributed by atoms with Gasteiger partial charge in [0.1, 0.15) is 0 Å². The third-order valence-corrected chi connectivity index (χ3v) is 9.88. The first kappa shape index (κ1) is 22.9. The Balaban J connectivity index is 1.42. The largest absolute Gasteiger partial charge is 0.309 e. The predicted molar refractivity (Wildman–Crippen MR) is 170 cm³/mol. The number of hydrogen-bond donors (Lipinski definition) is 0. The molecule has 0 amide bonds. The Labute approximate surface area is 241 Å². The fourth-order valence-electron chi connectivity index (χ4n) is 8.24. The van der Waals surface area contributed by atoms with Crippen LogP contribution in [0.25, 0.3) is 22.3 Å². The first-order chi connectivity index (χ1) is 20.1. The lowest BCUT2D eigenvalue weighted by Gasteiger charge is -2.42. The van der Waals surface area contributed by atoms with Crippen LogP contribution in [0, 0.1) is 0 Å². The number of benzene rings is 6. The molecule has 0 saturated heterocycles. The molecule has 0 atom stereocenters. The Morgan fingerprint density at radius 3 is 1.32 bits per heavy atom. The van der Waals surface area contributed by atoms with Crippen molar-refractivity contribution in [2.45, 2.75) is 24.7 Å². The van der Waals surface area contributed by atoms with E-state index in [1.165, 1.54) is 72.7 Å². The molecule has 9 rings (SSSR count). The van der Waals surface area contributed by atoms with Crippen molar-refractivity contribution in [3.8, 4) is 22.3 Å². The molecule has 1 spiro atoms. The van der Waals surface area contributed by atoms with E-state index in [1.807, 2.05) is 0 Å². The van der Waals surface area contributed by atoms with Crippen molar-refractivity contribution in [3.63, 3.8) is 0 Å². The van der Waals surface area contributed by atoms with Crippen molar-refractivity contribution in [1.82, 2.24) is 0 Å². The minimum absolute atomic E-state index is 0.0932. The van der Waals surface area contributed by atoms with Crippen LogP contribution in [-0.2, 0) is 10.8 Å². The molecule has 0 unspecified atom stereocenters. The summed E-state index contributed by atoms with van der Waals surface area (Å²) >= 11 is 0. The van der Waals surface area contributed by atoms with Crippen LogP contribution < -0.4 is 4.90 Å². The average Bonchev–Trinajstić information content (AvgIpc) is 3.49.